The van der Waals surface area contributed by atoms with E-state index in [0.717, 1.165) is 11.3 Å². The molecule has 1 aromatic heterocycles. The second-order valence-electron chi connectivity index (χ2n) is 5.67. The van der Waals surface area contributed by atoms with Crippen LogP contribution < -0.4 is 15.0 Å². The third-order valence-corrected chi connectivity index (χ3v) is 3.70. The second kappa shape index (κ2) is 8.69. The summed E-state index contributed by atoms with van der Waals surface area (Å²) in [4.78, 5) is 18.2. The number of likely N-dealkylation sites (N-methyl/N-ethyl adjacent to an activating group) is 1. The van der Waals surface area contributed by atoms with Gasteiger partial charge in [0.15, 0.2) is 0 Å². The normalized spacial score (nSPS) is 11.3. The quantitative estimate of drug-likeness (QED) is 0.840. The highest BCUT2D eigenvalue weighted by atomic mass is 16.5. The maximum Gasteiger partial charge on any atom is 0.240 e. The summed E-state index contributed by atoms with van der Waals surface area (Å²) in [6.07, 6.45) is 1.49. The lowest BCUT2D eigenvalue weighted by Crippen LogP contribution is -2.36. The minimum Gasteiger partial charge on any atom is -0.494 e. The van der Waals surface area contributed by atoms with E-state index in [2.05, 4.69) is 10.3 Å². The van der Waals surface area contributed by atoms with E-state index in [1.807, 2.05) is 44.2 Å². The second-order valence-corrected chi connectivity index (χ2v) is 5.67. The molecule has 0 saturated heterocycles. The van der Waals surface area contributed by atoms with Gasteiger partial charge in [-0.15, -0.1) is 0 Å². The predicted octanol–water partition coefficient (Wildman–Crippen LogP) is 2.67. The Balaban J connectivity index is 1.94. The number of pyridine rings is 1. The first-order valence-electron chi connectivity index (χ1n) is 8.13. The van der Waals surface area contributed by atoms with Gasteiger partial charge in [-0.05, 0) is 43.7 Å². The lowest BCUT2D eigenvalue weighted by Gasteiger charge is -2.20. The number of ether oxygens (including phenoxy) is 1. The highest BCUT2D eigenvalue weighted by Gasteiger charge is 2.13. The van der Waals surface area contributed by atoms with Crippen molar-refractivity contribution in [2.75, 3.05) is 25.1 Å². The first-order chi connectivity index (χ1) is 12.0. The lowest BCUT2D eigenvalue weighted by molar-refractivity contribution is -0.120. The van der Waals surface area contributed by atoms with E-state index in [1.165, 1.54) is 6.20 Å². The molecule has 0 aliphatic rings. The van der Waals surface area contributed by atoms with Crippen LogP contribution >= 0.6 is 0 Å². The fourth-order valence-corrected chi connectivity index (χ4v) is 2.39. The Hall–Kier alpha value is -3.07. The molecule has 0 aliphatic carbocycles. The molecule has 0 radical (unpaired) electrons. The standard InChI is InChI=1S/C19H22N4O2/c1-4-25-17-7-5-6-16(10-17)14(2)22-19(24)13-23(3)18-9-8-15(11-20)12-21-18/h5-10,12,14H,4,13H2,1-3H3,(H,22,24). The van der Waals surface area contributed by atoms with Crippen molar-refractivity contribution in [2.24, 2.45) is 0 Å². The molecule has 0 saturated carbocycles. The number of benzene rings is 1. The number of nitrogens with zero attached hydrogens (tertiary/aromatic N) is 3. The van der Waals surface area contributed by atoms with Crippen molar-refractivity contribution >= 4 is 11.7 Å². The molecule has 0 fully saturated rings. The van der Waals surface area contributed by atoms with E-state index in [1.54, 1.807) is 24.1 Å². The molecule has 130 valence electrons. The zero-order valence-electron chi connectivity index (χ0n) is 14.7. The molecule has 0 bridgehead atoms. The summed E-state index contributed by atoms with van der Waals surface area (Å²) in [5.74, 6) is 1.32. The number of rotatable bonds is 7. The fourth-order valence-electron chi connectivity index (χ4n) is 2.39. The topological polar surface area (TPSA) is 78.2 Å². The Kier molecular flexibility index (Phi) is 6.35. The van der Waals surface area contributed by atoms with Crippen molar-refractivity contribution < 1.29 is 9.53 Å². The first kappa shape index (κ1) is 18.3. The largest absolute Gasteiger partial charge is 0.494 e. The molecule has 1 heterocycles. The van der Waals surface area contributed by atoms with Gasteiger partial charge in [0.2, 0.25) is 5.91 Å². The van der Waals surface area contributed by atoms with Gasteiger partial charge in [0.05, 0.1) is 24.8 Å². The predicted molar refractivity (Wildman–Crippen MR) is 96.4 cm³/mol. The molecule has 1 amide bonds. The molecule has 1 unspecified atom stereocenters. The van der Waals surface area contributed by atoms with Crippen molar-refractivity contribution in [1.29, 1.82) is 5.26 Å². The average molecular weight is 338 g/mol. The Morgan fingerprint density at radius 1 is 1.40 bits per heavy atom. The molecule has 2 rings (SSSR count). The van der Waals surface area contributed by atoms with Crippen molar-refractivity contribution in [3.63, 3.8) is 0 Å². The zero-order chi connectivity index (χ0) is 18.2. The zero-order valence-corrected chi connectivity index (χ0v) is 14.7. The van der Waals surface area contributed by atoms with Crippen molar-refractivity contribution in [3.05, 3.63) is 53.7 Å². The smallest absolute Gasteiger partial charge is 0.240 e. The highest BCUT2D eigenvalue weighted by molar-refractivity contribution is 5.81. The Morgan fingerprint density at radius 3 is 2.84 bits per heavy atom. The molecule has 6 heteroatoms. The van der Waals surface area contributed by atoms with Gasteiger partial charge in [-0.2, -0.15) is 5.26 Å². The molecular weight excluding hydrogens is 316 g/mol. The number of hydrogen-bond donors (Lipinski definition) is 1. The number of hydrogen-bond acceptors (Lipinski definition) is 5. The highest BCUT2D eigenvalue weighted by Crippen LogP contribution is 2.19. The van der Waals surface area contributed by atoms with Crippen LogP contribution in [0.2, 0.25) is 0 Å². The summed E-state index contributed by atoms with van der Waals surface area (Å²) in [5.41, 5.74) is 1.47. The first-order valence-corrected chi connectivity index (χ1v) is 8.13. The van der Waals surface area contributed by atoms with Gasteiger partial charge in [-0.3, -0.25) is 4.79 Å². The number of carbonyl (C=O) groups is 1. The molecule has 25 heavy (non-hydrogen) atoms. The third-order valence-electron chi connectivity index (χ3n) is 3.70. The van der Waals surface area contributed by atoms with Crippen LogP contribution in [0.4, 0.5) is 5.82 Å². The minimum atomic E-state index is -0.129. The lowest BCUT2D eigenvalue weighted by atomic mass is 10.1. The van der Waals surface area contributed by atoms with E-state index in [0.29, 0.717) is 18.0 Å². The molecular formula is C19H22N4O2. The Labute approximate surface area is 148 Å². The van der Waals surface area contributed by atoms with Crippen LogP contribution in [0.5, 0.6) is 5.75 Å². The van der Waals surface area contributed by atoms with Crippen molar-refractivity contribution in [2.45, 2.75) is 19.9 Å². The van der Waals surface area contributed by atoms with Crippen molar-refractivity contribution in [3.8, 4) is 11.8 Å². The van der Waals surface area contributed by atoms with Crippen molar-refractivity contribution in [1.82, 2.24) is 10.3 Å². The maximum atomic E-state index is 12.3. The van der Waals surface area contributed by atoms with Gasteiger partial charge >= 0.3 is 0 Å². The van der Waals surface area contributed by atoms with Gasteiger partial charge in [-0.1, -0.05) is 12.1 Å². The summed E-state index contributed by atoms with van der Waals surface area (Å²) in [6.45, 7) is 4.65. The number of nitriles is 1. The summed E-state index contributed by atoms with van der Waals surface area (Å²) in [7, 11) is 1.79. The van der Waals surface area contributed by atoms with Gasteiger partial charge in [0.1, 0.15) is 17.6 Å². The molecule has 0 spiro atoms. The number of amides is 1. The maximum absolute atomic E-state index is 12.3. The van der Waals surface area contributed by atoms with Crippen LogP contribution in [0.1, 0.15) is 31.0 Å². The van der Waals surface area contributed by atoms with Crippen LogP contribution in [-0.4, -0.2) is 31.1 Å². The number of anilines is 1. The molecule has 1 atom stereocenters. The molecule has 6 nitrogen and oxygen atoms in total. The summed E-state index contributed by atoms with van der Waals surface area (Å²) in [6, 6.07) is 13.0. The molecule has 1 N–H and O–H groups in total. The van der Waals surface area contributed by atoms with E-state index < -0.39 is 0 Å². The van der Waals surface area contributed by atoms with Crippen LogP contribution in [0, 0.1) is 11.3 Å². The summed E-state index contributed by atoms with van der Waals surface area (Å²) < 4.78 is 5.49. The van der Waals surface area contributed by atoms with E-state index in [9.17, 15) is 4.79 Å². The molecule has 0 aliphatic heterocycles. The average Bonchev–Trinajstić information content (AvgIpc) is 2.62. The Bertz CT molecular complexity index is 753. The fraction of sp³-hybridized carbons (Fsp3) is 0.316. The van der Waals surface area contributed by atoms with Crippen LogP contribution in [0.3, 0.4) is 0 Å². The van der Waals surface area contributed by atoms with Gasteiger partial charge in [-0.25, -0.2) is 4.98 Å². The van der Waals surface area contributed by atoms with Gasteiger partial charge < -0.3 is 15.0 Å². The monoisotopic (exact) mass is 338 g/mol. The van der Waals surface area contributed by atoms with Crippen LogP contribution in [-0.2, 0) is 4.79 Å². The molecule has 2 aromatic rings. The summed E-state index contributed by atoms with van der Waals surface area (Å²) >= 11 is 0. The van der Waals surface area contributed by atoms with E-state index in [4.69, 9.17) is 10.00 Å². The van der Waals surface area contributed by atoms with Crippen LogP contribution in [0.15, 0.2) is 42.6 Å². The summed E-state index contributed by atoms with van der Waals surface area (Å²) in [5, 5.41) is 11.8. The number of carbonyl (C=O) groups excluding carboxylic acids is 1. The third kappa shape index (κ3) is 5.21. The Morgan fingerprint density at radius 2 is 2.20 bits per heavy atom. The van der Waals surface area contributed by atoms with E-state index in [-0.39, 0.29) is 18.5 Å². The number of aromatic nitrogens is 1. The SMILES string of the molecule is CCOc1cccc(C(C)NC(=O)CN(C)c2ccc(C#N)cn2)c1. The van der Waals surface area contributed by atoms with E-state index >= 15 is 0 Å². The number of nitrogens with one attached hydrogen (secondary N) is 1. The van der Waals surface area contributed by atoms with Gasteiger partial charge in [0.25, 0.3) is 0 Å². The molecule has 1 aromatic carbocycles. The van der Waals surface area contributed by atoms with Gasteiger partial charge in [0, 0.05) is 13.2 Å². The minimum absolute atomic E-state index is 0.108. The van der Waals surface area contributed by atoms with Crippen LogP contribution in [0.25, 0.3) is 0 Å².